The molecule has 0 rings (SSSR count). The third-order valence-electron chi connectivity index (χ3n) is 4.10. The summed E-state index contributed by atoms with van der Waals surface area (Å²) in [6, 6.07) is 0. The van der Waals surface area contributed by atoms with Crippen molar-refractivity contribution in [1.29, 1.82) is 0 Å². The molecule has 0 aromatic heterocycles. The van der Waals surface area contributed by atoms with Gasteiger partial charge in [-0.05, 0) is 47.0 Å². The highest BCUT2D eigenvalue weighted by molar-refractivity contribution is 5.86. The zero-order chi connectivity index (χ0) is 39.9. The minimum absolute atomic E-state index is 0.0448. The van der Waals surface area contributed by atoms with E-state index in [0.29, 0.717) is 39.3 Å². The molecular formula is C30H59N5O16. The van der Waals surface area contributed by atoms with Crippen LogP contribution in [-0.2, 0) is 57.4 Å². The van der Waals surface area contributed by atoms with Crippen LogP contribution in [0, 0.1) is 5.41 Å². The summed E-state index contributed by atoms with van der Waals surface area (Å²) in [5, 5.41) is 19.1. The number of carbonyl (C=O) groups excluding carboxylic acids is 6. The lowest BCUT2D eigenvalue weighted by Gasteiger charge is -2.19. The molecule has 0 bridgehead atoms. The first-order valence-electron chi connectivity index (χ1n) is 15.7. The first kappa shape index (κ1) is 51.7. The summed E-state index contributed by atoms with van der Waals surface area (Å²) in [6.45, 7) is 16.4. The summed E-state index contributed by atoms with van der Waals surface area (Å²) < 4.78 is 23.7. The number of hydrogen-bond acceptors (Lipinski definition) is 17. The number of amides is 4. The van der Waals surface area contributed by atoms with Gasteiger partial charge >= 0.3 is 24.1 Å². The third-order valence-corrected chi connectivity index (χ3v) is 4.10. The van der Waals surface area contributed by atoms with E-state index in [1.54, 1.807) is 41.5 Å². The molecule has 0 saturated carbocycles. The van der Waals surface area contributed by atoms with Crippen molar-refractivity contribution in [2.24, 2.45) is 11.1 Å². The Kier molecular flexibility index (Phi) is 30.4. The lowest BCUT2D eigenvalue weighted by atomic mass is 9.92. The second kappa shape index (κ2) is 30.0. The third kappa shape index (κ3) is 46.3. The predicted octanol–water partition coefficient (Wildman–Crippen LogP) is -0.482. The largest absolute Gasteiger partial charge is 0.442 e. The van der Waals surface area contributed by atoms with Gasteiger partial charge in [0.1, 0.15) is 11.2 Å². The molecule has 0 aromatic rings. The molecule has 0 unspecified atom stereocenters. The molecule has 0 spiro atoms. The van der Waals surface area contributed by atoms with Crippen LogP contribution in [0.3, 0.4) is 0 Å². The van der Waals surface area contributed by atoms with Gasteiger partial charge in [0.25, 0.3) is 0 Å². The Bertz CT molecular complexity index is 946. The van der Waals surface area contributed by atoms with Crippen LogP contribution in [0.1, 0.15) is 68.7 Å². The summed E-state index contributed by atoms with van der Waals surface area (Å²) in [5.41, 5.74) is 9.38. The first-order valence-corrected chi connectivity index (χ1v) is 15.7. The van der Waals surface area contributed by atoms with Gasteiger partial charge in [-0.3, -0.25) is 24.1 Å². The van der Waals surface area contributed by atoms with Crippen molar-refractivity contribution >= 4 is 35.9 Å². The van der Waals surface area contributed by atoms with Crippen LogP contribution >= 0.6 is 0 Å². The van der Waals surface area contributed by atoms with Crippen molar-refractivity contribution in [1.82, 2.24) is 21.8 Å². The fourth-order valence-electron chi connectivity index (χ4n) is 2.52. The molecule has 0 aliphatic rings. The molecule has 0 fully saturated rings. The van der Waals surface area contributed by atoms with Gasteiger partial charge in [0.15, 0.2) is 19.8 Å². The maximum atomic E-state index is 11.4. The highest BCUT2D eigenvalue weighted by atomic mass is 16.7. The highest BCUT2D eigenvalue weighted by Gasteiger charge is 2.19. The minimum Gasteiger partial charge on any atom is -0.442 e. The molecule has 0 heterocycles. The maximum absolute atomic E-state index is 11.4. The monoisotopic (exact) mass is 745 g/mol. The Morgan fingerprint density at radius 1 is 0.588 bits per heavy atom. The molecule has 300 valence electrons. The van der Waals surface area contributed by atoms with Crippen LogP contribution in [0.15, 0.2) is 0 Å². The Labute approximate surface area is 298 Å². The van der Waals surface area contributed by atoms with Gasteiger partial charge in [0.05, 0.1) is 39.6 Å². The minimum atomic E-state index is -1.08. The topological polar surface area (TPSA) is 291 Å². The van der Waals surface area contributed by atoms with Crippen molar-refractivity contribution in [3.05, 3.63) is 0 Å². The number of nitrogens with one attached hydrogen (secondary N) is 4. The molecule has 21 nitrogen and oxygen atoms in total. The molecule has 0 aromatic carbocycles. The number of aliphatic hydroxyl groups is 2. The van der Waals surface area contributed by atoms with Crippen LogP contribution in [0.5, 0.6) is 0 Å². The summed E-state index contributed by atoms with van der Waals surface area (Å²) >= 11 is 0. The van der Waals surface area contributed by atoms with Gasteiger partial charge in [0, 0.05) is 19.5 Å². The molecule has 0 aliphatic heterocycles. The number of ether oxygens (including phenoxy) is 5. The molecular weight excluding hydrogens is 686 g/mol. The van der Waals surface area contributed by atoms with E-state index in [4.69, 9.17) is 39.7 Å². The number of hydroxylamine groups is 3. The van der Waals surface area contributed by atoms with E-state index in [9.17, 15) is 28.8 Å². The Balaban J connectivity index is -0.000000779. The van der Waals surface area contributed by atoms with Crippen LogP contribution in [0.4, 0.5) is 9.59 Å². The molecule has 4 amide bonds. The van der Waals surface area contributed by atoms with Crippen molar-refractivity contribution in [2.75, 3.05) is 72.6 Å². The van der Waals surface area contributed by atoms with Crippen molar-refractivity contribution < 1.29 is 77.2 Å². The zero-order valence-corrected chi connectivity index (χ0v) is 31.2. The van der Waals surface area contributed by atoms with E-state index in [1.165, 1.54) is 0 Å². The fraction of sp³-hybridized carbons (Fsp3) is 0.800. The number of carbonyl (C=O) groups is 6. The zero-order valence-electron chi connectivity index (χ0n) is 31.2. The van der Waals surface area contributed by atoms with E-state index in [0.717, 1.165) is 0 Å². The SMILES string of the molecule is CC(C)(C)CC(=O)NOCC(=O)NCCOCCO.CC(C)(C)OC(=O)NOCC(=O)OC(=O)CONC(=O)OC(C)(C)C.NCCOCCO. The van der Waals surface area contributed by atoms with E-state index < -0.39 is 48.5 Å². The van der Waals surface area contributed by atoms with Crippen molar-refractivity contribution in [3.8, 4) is 0 Å². The van der Waals surface area contributed by atoms with Crippen LogP contribution in [0.25, 0.3) is 0 Å². The number of nitrogens with two attached hydrogens (primary N) is 1. The standard InChI is InChI=1S/C14H24N2O9.C12H24N2O5.C4H11NO2/c1-13(2,3)24-11(19)15-21-7-9(17)23-10(18)8-22-16-12(20)25-14(4,5)6;1-12(2,3)8-10(16)14-19-9-11(17)13-4-6-18-7-5-15;5-1-3-7-4-2-6/h7-8H2,1-6H3,(H,15,19)(H,16,20);15H,4-9H2,1-3H3,(H,13,17)(H,14,16);6H,1-5H2. The van der Waals surface area contributed by atoms with Gasteiger partial charge in [-0.15, -0.1) is 0 Å². The summed E-state index contributed by atoms with van der Waals surface area (Å²) in [5.74, 6) is -2.76. The summed E-state index contributed by atoms with van der Waals surface area (Å²) in [6.07, 6.45) is -1.49. The Morgan fingerprint density at radius 3 is 1.41 bits per heavy atom. The van der Waals surface area contributed by atoms with E-state index >= 15 is 0 Å². The fourth-order valence-corrected chi connectivity index (χ4v) is 2.52. The number of hydrogen-bond donors (Lipinski definition) is 7. The second-order valence-corrected chi connectivity index (χ2v) is 13.0. The maximum Gasteiger partial charge on any atom is 0.431 e. The lowest BCUT2D eigenvalue weighted by molar-refractivity contribution is -0.168. The van der Waals surface area contributed by atoms with Gasteiger partial charge in [-0.2, -0.15) is 11.0 Å². The molecule has 21 heteroatoms. The molecule has 0 radical (unpaired) electrons. The average molecular weight is 746 g/mol. The summed E-state index contributed by atoms with van der Waals surface area (Å²) in [7, 11) is 0. The molecule has 51 heavy (non-hydrogen) atoms. The predicted molar refractivity (Wildman–Crippen MR) is 178 cm³/mol. The van der Waals surface area contributed by atoms with Crippen molar-refractivity contribution in [2.45, 2.75) is 79.9 Å². The second-order valence-electron chi connectivity index (χ2n) is 13.0. The van der Waals surface area contributed by atoms with E-state index in [2.05, 4.69) is 25.2 Å². The van der Waals surface area contributed by atoms with Crippen LogP contribution in [0.2, 0.25) is 0 Å². The molecule has 8 N–H and O–H groups in total. The number of rotatable bonds is 19. The lowest BCUT2D eigenvalue weighted by Crippen LogP contribution is -2.35. The normalized spacial score (nSPS) is 11.0. The summed E-state index contributed by atoms with van der Waals surface area (Å²) in [4.78, 5) is 81.4. The molecule has 0 aliphatic carbocycles. The molecule has 0 atom stereocenters. The first-order chi connectivity index (χ1) is 23.5. The Hall–Kier alpha value is -3.70. The van der Waals surface area contributed by atoms with Crippen molar-refractivity contribution in [3.63, 3.8) is 0 Å². The van der Waals surface area contributed by atoms with Gasteiger partial charge in [-0.25, -0.2) is 24.7 Å². The number of aliphatic hydroxyl groups excluding tert-OH is 2. The quantitative estimate of drug-likeness (QED) is 0.0289. The van der Waals surface area contributed by atoms with Crippen LogP contribution < -0.4 is 27.5 Å². The van der Waals surface area contributed by atoms with Gasteiger partial charge in [0.2, 0.25) is 11.8 Å². The molecule has 0 saturated heterocycles. The van der Waals surface area contributed by atoms with Crippen LogP contribution in [-0.4, -0.2) is 130 Å². The average Bonchev–Trinajstić information content (AvgIpc) is 2.95. The van der Waals surface area contributed by atoms with Gasteiger partial charge < -0.3 is 44.9 Å². The highest BCUT2D eigenvalue weighted by Crippen LogP contribution is 2.17. The van der Waals surface area contributed by atoms with E-state index in [1.807, 2.05) is 31.7 Å². The Morgan fingerprint density at radius 2 is 1.02 bits per heavy atom. The smallest absolute Gasteiger partial charge is 0.431 e. The van der Waals surface area contributed by atoms with E-state index in [-0.39, 0.29) is 43.7 Å². The number of esters is 2. The van der Waals surface area contributed by atoms with Gasteiger partial charge in [-0.1, -0.05) is 20.8 Å².